The summed E-state index contributed by atoms with van der Waals surface area (Å²) in [6, 6.07) is 8.93. The van der Waals surface area contributed by atoms with E-state index in [1.165, 1.54) is 11.1 Å². The summed E-state index contributed by atoms with van der Waals surface area (Å²) in [4.78, 5) is 4.68. The molecule has 0 saturated heterocycles. The smallest absolute Gasteiger partial charge is 0.191 e. The van der Waals surface area contributed by atoms with Crippen LogP contribution in [0.1, 0.15) is 56.9 Å². The normalized spacial score (nSPS) is 13.8. The number of fused-ring (bicyclic) bond motifs is 1. The Morgan fingerprint density at radius 3 is 2.57 bits per heavy atom. The van der Waals surface area contributed by atoms with Crippen molar-refractivity contribution in [2.24, 2.45) is 4.99 Å². The highest BCUT2D eigenvalue weighted by Gasteiger charge is 2.16. The van der Waals surface area contributed by atoms with E-state index >= 15 is 0 Å². The number of nitrogens with zero attached hydrogens (tertiary/aromatic N) is 4. The Morgan fingerprint density at radius 2 is 1.89 bits per heavy atom. The third kappa shape index (κ3) is 5.93. The molecule has 0 saturated carbocycles. The number of nitrogens with one attached hydrogen (secondary N) is 2. The number of guanidine groups is 1. The third-order valence-corrected chi connectivity index (χ3v) is 4.94. The number of halogens is 1. The third-order valence-electron chi connectivity index (χ3n) is 4.94. The Bertz CT molecular complexity index is 773. The van der Waals surface area contributed by atoms with Crippen molar-refractivity contribution in [2.45, 2.75) is 65.5 Å². The molecule has 3 rings (SSSR count). The van der Waals surface area contributed by atoms with Crippen molar-refractivity contribution in [3.63, 3.8) is 0 Å². The maximum Gasteiger partial charge on any atom is 0.191 e. The molecule has 1 aliphatic heterocycles. The van der Waals surface area contributed by atoms with Crippen molar-refractivity contribution < 1.29 is 0 Å². The van der Waals surface area contributed by atoms with Gasteiger partial charge < -0.3 is 15.2 Å². The van der Waals surface area contributed by atoms with Crippen LogP contribution in [-0.4, -0.2) is 33.8 Å². The van der Waals surface area contributed by atoms with E-state index in [0.717, 1.165) is 56.5 Å². The lowest BCUT2D eigenvalue weighted by Crippen LogP contribution is -2.38. The van der Waals surface area contributed by atoms with E-state index in [9.17, 15) is 0 Å². The first-order chi connectivity index (χ1) is 13.0. The predicted octanol–water partition coefficient (Wildman–Crippen LogP) is 3.44. The summed E-state index contributed by atoms with van der Waals surface area (Å²) >= 11 is 0. The Kier molecular flexibility index (Phi) is 8.27. The van der Waals surface area contributed by atoms with Gasteiger partial charge in [0.1, 0.15) is 12.4 Å². The molecule has 0 amide bonds. The van der Waals surface area contributed by atoms with Crippen molar-refractivity contribution in [1.82, 2.24) is 25.4 Å². The number of aliphatic imine (C=N–C) groups is 1. The zero-order valence-corrected chi connectivity index (χ0v) is 19.8. The largest absolute Gasteiger partial charge is 0.357 e. The van der Waals surface area contributed by atoms with Gasteiger partial charge in [0, 0.05) is 26.1 Å². The molecule has 28 heavy (non-hydrogen) atoms. The van der Waals surface area contributed by atoms with Crippen LogP contribution in [-0.2, 0) is 31.3 Å². The number of benzene rings is 1. The molecule has 2 heterocycles. The fraction of sp³-hybridized carbons (Fsp3) is 0.571. The minimum absolute atomic E-state index is 0. The van der Waals surface area contributed by atoms with E-state index < -0.39 is 0 Å². The topological polar surface area (TPSA) is 67.1 Å². The van der Waals surface area contributed by atoms with E-state index in [1.54, 1.807) is 0 Å². The summed E-state index contributed by atoms with van der Waals surface area (Å²) in [5.74, 6) is 2.88. The average molecular weight is 496 g/mol. The van der Waals surface area contributed by atoms with Crippen molar-refractivity contribution in [1.29, 1.82) is 0 Å². The molecule has 154 valence electrons. The summed E-state index contributed by atoms with van der Waals surface area (Å²) in [7, 11) is 0. The summed E-state index contributed by atoms with van der Waals surface area (Å²) in [6.45, 7) is 12.1. The van der Waals surface area contributed by atoms with Crippen LogP contribution in [0.2, 0.25) is 0 Å². The van der Waals surface area contributed by atoms with Gasteiger partial charge >= 0.3 is 0 Å². The van der Waals surface area contributed by atoms with Crippen molar-refractivity contribution in [2.75, 3.05) is 13.1 Å². The summed E-state index contributed by atoms with van der Waals surface area (Å²) in [5.41, 5.74) is 2.90. The number of aromatic nitrogens is 3. The van der Waals surface area contributed by atoms with Crippen LogP contribution in [0.25, 0.3) is 0 Å². The van der Waals surface area contributed by atoms with Crippen molar-refractivity contribution in [3.8, 4) is 0 Å². The average Bonchev–Trinajstić information content (AvgIpc) is 3.23. The molecule has 0 aliphatic carbocycles. The van der Waals surface area contributed by atoms with E-state index in [-0.39, 0.29) is 29.4 Å². The molecule has 0 bridgehead atoms. The molecule has 0 atom stereocenters. The molecule has 1 aliphatic rings. The van der Waals surface area contributed by atoms with Gasteiger partial charge in [-0.25, -0.2) is 4.99 Å². The van der Waals surface area contributed by atoms with Crippen molar-refractivity contribution >= 4 is 29.9 Å². The first-order valence-corrected chi connectivity index (χ1v) is 10.00. The second-order valence-electron chi connectivity index (χ2n) is 8.11. The molecular formula is C21H33IN6. The first-order valence-electron chi connectivity index (χ1n) is 10.00. The Balaban J connectivity index is 0.00000280. The minimum Gasteiger partial charge on any atom is -0.357 e. The molecule has 0 spiro atoms. The highest BCUT2D eigenvalue weighted by atomic mass is 127. The molecule has 0 radical (unpaired) electrons. The lowest BCUT2D eigenvalue weighted by molar-refractivity contribution is 0.590. The van der Waals surface area contributed by atoms with Gasteiger partial charge in [-0.15, -0.1) is 34.2 Å². The maximum absolute atomic E-state index is 4.68. The quantitative estimate of drug-likeness (QED) is 0.366. The number of aryl methyl sites for hydroxylation is 1. The summed E-state index contributed by atoms with van der Waals surface area (Å²) in [5, 5.41) is 15.3. The van der Waals surface area contributed by atoms with E-state index in [0.29, 0.717) is 6.54 Å². The van der Waals surface area contributed by atoms with Crippen LogP contribution in [0.5, 0.6) is 0 Å². The monoisotopic (exact) mass is 496 g/mol. The Hall–Kier alpha value is -1.64. The number of hydrogen-bond donors (Lipinski definition) is 2. The Labute approximate surface area is 185 Å². The summed E-state index contributed by atoms with van der Waals surface area (Å²) in [6.07, 6.45) is 3.16. The highest BCUT2D eigenvalue weighted by Crippen LogP contribution is 2.22. The second-order valence-corrected chi connectivity index (χ2v) is 8.11. The fourth-order valence-corrected chi connectivity index (χ4v) is 3.32. The standard InChI is InChI=1S/C21H32N6.HI/c1-5-22-20(24-15-19-26-25-18-7-6-14-27(18)19)23-13-12-16-8-10-17(11-9-16)21(2,3)4;/h8-11H,5-7,12-15H2,1-4H3,(H2,22,23,24);1H. The number of hydrogen-bond acceptors (Lipinski definition) is 3. The first kappa shape index (κ1) is 22.6. The van der Waals surface area contributed by atoms with Crippen LogP contribution >= 0.6 is 24.0 Å². The lowest BCUT2D eigenvalue weighted by Gasteiger charge is -2.19. The van der Waals surface area contributed by atoms with Crippen LogP contribution in [0.15, 0.2) is 29.3 Å². The van der Waals surface area contributed by atoms with E-state index in [2.05, 4.69) is 82.4 Å². The van der Waals surface area contributed by atoms with E-state index in [4.69, 9.17) is 0 Å². The molecule has 6 nitrogen and oxygen atoms in total. The fourth-order valence-electron chi connectivity index (χ4n) is 3.32. The molecule has 0 fully saturated rings. The minimum atomic E-state index is 0. The van der Waals surface area contributed by atoms with Gasteiger partial charge in [0.2, 0.25) is 0 Å². The van der Waals surface area contributed by atoms with Crippen LogP contribution in [0, 0.1) is 0 Å². The second kappa shape index (κ2) is 10.2. The van der Waals surface area contributed by atoms with Crippen LogP contribution in [0.4, 0.5) is 0 Å². The van der Waals surface area contributed by atoms with Gasteiger partial charge in [0.15, 0.2) is 11.8 Å². The van der Waals surface area contributed by atoms with E-state index in [1.807, 2.05) is 0 Å². The predicted molar refractivity (Wildman–Crippen MR) is 125 cm³/mol. The van der Waals surface area contributed by atoms with Gasteiger partial charge in [-0.1, -0.05) is 45.0 Å². The van der Waals surface area contributed by atoms with Gasteiger partial charge in [-0.05, 0) is 36.3 Å². The maximum atomic E-state index is 4.68. The van der Waals surface area contributed by atoms with Crippen LogP contribution < -0.4 is 10.6 Å². The van der Waals surface area contributed by atoms with Crippen LogP contribution in [0.3, 0.4) is 0 Å². The van der Waals surface area contributed by atoms with Gasteiger partial charge in [0.25, 0.3) is 0 Å². The molecule has 2 N–H and O–H groups in total. The van der Waals surface area contributed by atoms with Gasteiger partial charge in [-0.2, -0.15) is 0 Å². The number of rotatable bonds is 6. The van der Waals surface area contributed by atoms with Gasteiger partial charge in [0.05, 0.1) is 0 Å². The molecule has 7 heteroatoms. The molecule has 1 aromatic carbocycles. The molecule has 0 unspecified atom stereocenters. The molecule has 2 aromatic rings. The molecular weight excluding hydrogens is 463 g/mol. The zero-order valence-electron chi connectivity index (χ0n) is 17.5. The lowest BCUT2D eigenvalue weighted by atomic mass is 9.86. The zero-order chi connectivity index (χ0) is 19.3. The highest BCUT2D eigenvalue weighted by molar-refractivity contribution is 14.0. The Morgan fingerprint density at radius 1 is 1.14 bits per heavy atom. The van der Waals surface area contributed by atoms with Crippen molar-refractivity contribution in [3.05, 3.63) is 47.0 Å². The SMILES string of the molecule is CCNC(=NCc1nnc2n1CCC2)NCCc1ccc(C(C)(C)C)cc1.I. The summed E-state index contributed by atoms with van der Waals surface area (Å²) < 4.78 is 2.20. The molecule has 1 aromatic heterocycles. The van der Waals surface area contributed by atoms with Gasteiger partial charge in [-0.3, -0.25) is 0 Å².